The minimum absolute atomic E-state index is 0.376. The molecule has 0 saturated heterocycles. The zero-order chi connectivity index (χ0) is 25.2. The third kappa shape index (κ3) is 4.76. The molecule has 37 heavy (non-hydrogen) atoms. The van der Waals surface area contributed by atoms with Crippen LogP contribution in [0.3, 0.4) is 0 Å². The van der Waals surface area contributed by atoms with Crippen molar-refractivity contribution in [1.29, 1.82) is 0 Å². The van der Waals surface area contributed by atoms with Crippen LogP contribution in [0.15, 0.2) is 121 Å². The van der Waals surface area contributed by atoms with E-state index in [4.69, 9.17) is 15.0 Å². The van der Waals surface area contributed by atoms with Crippen molar-refractivity contribution >= 4 is 23.4 Å². The molecule has 2 N–H and O–H groups in total. The standard InChI is InChI=1S/C31H22BN3O2/c36-32(37)28-13-7-12-26(20-28)30-33-29(22-10-5-2-6-11-22)34-31(35-30)27-17-16-24-18-23(14-15-25(24)19-27)21-8-3-1-4-9-21/h1-20,36-37H. The molecule has 0 amide bonds. The maximum atomic E-state index is 9.66. The second-order valence-corrected chi connectivity index (χ2v) is 8.81. The molecule has 0 radical (unpaired) electrons. The Bertz CT molecular complexity index is 1710. The Kier molecular flexibility index (Phi) is 6.02. The summed E-state index contributed by atoms with van der Waals surface area (Å²) in [6, 6.07) is 39.7. The van der Waals surface area contributed by atoms with Crippen molar-refractivity contribution in [2.45, 2.75) is 0 Å². The Morgan fingerprint density at radius 1 is 0.405 bits per heavy atom. The van der Waals surface area contributed by atoms with E-state index in [2.05, 4.69) is 42.5 Å². The summed E-state index contributed by atoms with van der Waals surface area (Å²) in [7, 11) is -1.57. The Labute approximate surface area is 214 Å². The van der Waals surface area contributed by atoms with E-state index in [1.54, 1.807) is 18.2 Å². The first-order chi connectivity index (χ1) is 18.1. The zero-order valence-electron chi connectivity index (χ0n) is 19.9. The van der Waals surface area contributed by atoms with Crippen LogP contribution in [-0.2, 0) is 0 Å². The molecule has 6 heteroatoms. The van der Waals surface area contributed by atoms with E-state index >= 15 is 0 Å². The van der Waals surface area contributed by atoms with Gasteiger partial charge in [-0.15, -0.1) is 0 Å². The molecule has 0 aliphatic heterocycles. The molecule has 1 heterocycles. The van der Waals surface area contributed by atoms with Gasteiger partial charge in [-0.05, 0) is 39.5 Å². The molecule has 6 aromatic rings. The molecule has 0 spiro atoms. The van der Waals surface area contributed by atoms with Crippen LogP contribution in [0.1, 0.15) is 0 Å². The predicted molar refractivity (Wildman–Crippen MR) is 149 cm³/mol. The molecule has 0 bridgehead atoms. The zero-order valence-corrected chi connectivity index (χ0v) is 19.9. The Balaban J connectivity index is 1.47. The number of nitrogens with zero attached hydrogens (tertiary/aromatic N) is 3. The molecule has 0 atom stereocenters. The first-order valence-electron chi connectivity index (χ1n) is 12.0. The number of aromatic nitrogens is 3. The van der Waals surface area contributed by atoms with Gasteiger partial charge in [0.25, 0.3) is 0 Å². The molecule has 6 rings (SSSR count). The van der Waals surface area contributed by atoms with Gasteiger partial charge in [0, 0.05) is 16.7 Å². The Hall–Kier alpha value is -4.65. The van der Waals surface area contributed by atoms with Gasteiger partial charge in [0.2, 0.25) is 0 Å². The first-order valence-corrected chi connectivity index (χ1v) is 12.0. The summed E-state index contributed by atoms with van der Waals surface area (Å²) >= 11 is 0. The summed E-state index contributed by atoms with van der Waals surface area (Å²) in [5.41, 5.74) is 5.15. The van der Waals surface area contributed by atoms with Gasteiger partial charge >= 0.3 is 7.12 Å². The molecule has 5 aromatic carbocycles. The SMILES string of the molecule is OB(O)c1cccc(-c2nc(-c3ccccc3)nc(-c3ccc4cc(-c5ccccc5)ccc4c3)n2)c1. The molecule has 5 nitrogen and oxygen atoms in total. The third-order valence-electron chi connectivity index (χ3n) is 6.32. The summed E-state index contributed by atoms with van der Waals surface area (Å²) < 4.78 is 0. The number of rotatable bonds is 5. The molecule has 0 fully saturated rings. The molecule has 0 aliphatic carbocycles. The molecular weight excluding hydrogens is 457 g/mol. The van der Waals surface area contributed by atoms with Crippen molar-refractivity contribution in [1.82, 2.24) is 15.0 Å². The van der Waals surface area contributed by atoms with Gasteiger partial charge in [0.15, 0.2) is 17.5 Å². The second kappa shape index (κ2) is 9.78. The minimum atomic E-state index is -1.57. The summed E-state index contributed by atoms with van der Waals surface area (Å²) in [5.74, 6) is 1.56. The van der Waals surface area contributed by atoms with Crippen molar-refractivity contribution in [2.75, 3.05) is 0 Å². The average molecular weight is 479 g/mol. The maximum Gasteiger partial charge on any atom is 0.488 e. The molecule has 176 valence electrons. The third-order valence-corrected chi connectivity index (χ3v) is 6.32. The molecule has 0 saturated carbocycles. The number of hydrogen-bond donors (Lipinski definition) is 2. The quantitative estimate of drug-likeness (QED) is 0.325. The van der Waals surface area contributed by atoms with Gasteiger partial charge < -0.3 is 10.0 Å². The highest BCUT2D eigenvalue weighted by Gasteiger charge is 2.16. The molecule has 0 unspecified atom stereocenters. The second-order valence-electron chi connectivity index (χ2n) is 8.81. The van der Waals surface area contributed by atoms with Crippen LogP contribution in [0, 0.1) is 0 Å². The number of hydrogen-bond acceptors (Lipinski definition) is 5. The lowest BCUT2D eigenvalue weighted by Crippen LogP contribution is -2.29. The van der Waals surface area contributed by atoms with E-state index in [0.717, 1.165) is 21.9 Å². The van der Waals surface area contributed by atoms with Crippen LogP contribution < -0.4 is 5.46 Å². The van der Waals surface area contributed by atoms with E-state index in [1.807, 2.05) is 60.7 Å². The molecule has 0 aliphatic rings. The first kappa shape index (κ1) is 22.8. The summed E-state index contributed by atoms with van der Waals surface area (Å²) in [6.07, 6.45) is 0. The number of fused-ring (bicyclic) bond motifs is 1. The molecular formula is C31H22BN3O2. The van der Waals surface area contributed by atoms with Crippen LogP contribution in [0.25, 0.3) is 56.1 Å². The summed E-state index contributed by atoms with van der Waals surface area (Å²) in [5, 5.41) is 21.5. The number of benzene rings is 5. The van der Waals surface area contributed by atoms with Gasteiger partial charge in [-0.1, -0.05) is 109 Å². The fourth-order valence-electron chi connectivity index (χ4n) is 4.38. The fraction of sp³-hybridized carbons (Fsp3) is 0. The van der Waals surface area contributed by atoms with E-state index in [9.17, 15) is 10.0 Å². The normalized spacial score (nSPS) is 11.0. The van der Waals surface area contributed by atoms with Crippen molar-refractivity contribution in [2.24, 2.45) is 0 Å². The van der Waals surface area contributed by atoms with E-state index in [0.29, 0.717) is 28.5 Å². The Morgan fingerprint density at radius 2 is 0.892 bits per heavy atom. The van der Waals surface area contributed by atoms with Crippen molar-refractivity contribution in [3.63, 3.8) is 0 Å². The van der Waals surface area contributed by atoms with Crippen LogP contribution >= 0.6 is 0 Å². The van der Waals surface area contributed by atoms with E-state index in [-0.39, 0.29) is 0 Å². The van der Waals surface area contributed by atoms with Gasteiger partial charge in [0.05, 0.1) is 0 Å². The average Bonchev–Trinajstić information content (AvgIpc) is 2.97. The van der Waals surface area contributed by atoms with Crippen molar-refractivity contribution in [3.05, 3.63) is 121 Å². The van der Waals surface area contributed by atoms with Gasteiger partial charge in [-0.3, -0.25) is 0 Å². The summed E-state index contributed by atoms with van der Waals surface area (Å²) in [6.45, 7) is 0. The van der Waals surface area contributed by atoms with Crippen LogP contribution in [0.5, 0.6) is 0 Å². The lowest BCUT2D eigenvalue weighted by atomic mass is 9.79. The smallest absolute Gasteiger partial charge is 0.423 e. The Morgan fingerprint density at radius 3 is 1.51 bits per heavy atom. The summed E-state index contributed by atoms with van der Waals surface area (Å²) in [4.78, 5) is 14.3. The topological polar surface area (TPSA) is 79.1 Å². The van der Waals surface area contributed by atoms with Gasteiger partial charge in [-0.2, -0.15) is 0 Å². The highest BCUT2D eigenvalue weighted by molar-refractivity contribution is 6.58. The van der Waals surface area contributed by atoms with E-state index in [1.165, 1.54) is 11.1 Å². The highest BCUT2D eigenvalue weighted by Crippen LogP contribution is 2.29. The van der Waals surface area contributed by atoms with Gasteiger partial charge in [-0.25, -0.2) is 15.0 Å². The predicted octanol–water partition coefficient (Wildman–Crippen LogP) is 5.37. The fourth-order valence-corrected chi connectivity index (χ4v) is 4.38. The van der Waals surface area contributed by atoms with Gasteiger partial charge in [0.1, 0.15) is 0 Å². The van der Waals surface area contributed by atoms with E-state index < -0.39 is 7.12 Å². The minimum Gasteiger partial charge on any atom is -0.423 e. The molecule has 1 aromatic heterocycles. The van der Waals surface area contributed by atoms with Crippen LogP contribution in [0.4, 0.5) is 0 Å². The highest BCUT2D eigenvalue weighted by atomic mass is 16.4. The van der Waals surface area contributed by atoms with Crippen molar-refractivity contribution in [3.8, 4) is 45.3 Å². The lowest BCUT2D eigenvalue weighted by Gasteiger charge is -2.10. The largest absolute Gasteiger partial charge is 0.488 e. The lowest BCUT2D eigenvalue weighted by molar-refractivity contribution is 0.426. The van der Waals surface area contributed by atoms with Crippen LogP contribution in [0.2, 0.25) is 0 Å². The van der Waals surface area contributed by atoms with Crippen LogP contribution in [-0.4, -0.2) is 32.1 Å². The van der Waals surface area contributed by atoms with Crippen molar-refractivity contribution < 1.29 is 10.0 Å². The maximum absolute atomic E-state index is 9.66. The monoisotopic (exact) mass is 479 g/mol.